The van der Waals surface area contributed by atoms with Crippen LogP contribution in [0.5, 0.6) is 0 Å². The van der Waals surface area contributed by atoms with Crippen molar-refractivity contribution in [2.75, 3.05) is 6.61 Å². The average Bonchev–Trinajstić information content (AvgIpc) is 2.26. The Hall–Kier alpha value is -1.41. The lowest BCUT2D eigenvalue weighted by Crippen LogP contribution is -1.93. The molecule has 0 aliphatic heterocycles. The minimum Gasteiger partial charge on any atom is -0.396 e. The number of rotatable bonds is 3. The number of nitrogens with zero attached hydrogens (tertiary/aromatic N) is 1. The summed E-state index contributed by atoms with van der Waals surface area (Å²) in [5, 5.41) is 11.2. The van der Waals surface area contributed by atoms with Crippen molar-refractivity contribution in [2.24, 2.45) is 0 Å². The molecule has 0 bridgehead atoms. The molecule has 1 heterocycles. The molecule has 0 aliphatic carbocycles. The molecule has 72 valence electrons. The summed E-state index contributed by atoms with van der Waals surface area (Å²) in [6.07, 6.45) is 3.45. The van der Waals surface area contributed by atoms with Crippen molar-refractivity contribution < 1.29 is 5.11 Å². The van der Waals surface area contributed by atoms with E-state index in [0.717, 1.165) is 18.5 Å². The minimum atomic E-state index is 0.227. The summed E-state index contributed by atoms with van der Waals surface area (Å²) >= 11 is 0. The maximum absolute atomic E-state index is 8.77. The number of aromatic nitrogens is 1. The summed E-state index contributed by atoms with van der Waals surface area (Å²) < 4.78 is 0. The number of benzene rings is 1. The second-order valence-corrected chi connectivity index (χ2v) is 3.31. The molecule has 0 saturated carbocycles. The molecule has 1 aromatic heterocycles. The summed E-state index contributed by atoms with van der Waals surface area (Å²) in [5.74, 6) is 0. The Morgan fingerprint density at radius 3 is 2.86 bits per heavy atom. The second-order valence-electron chi connectivity index (χ2n) is 3.31. The van der Waals surface area contributed by atoms with E-state index in [1.54, 1.807) is 0 Å². The van der Waals surface area contributed by atoms with E-state index < -0.39 is 0 Å². The Labute approximate surface area is 83.2 Å². The van der Waals surface area contributed by atoms with E-state index >= 15 is 0 Å². The van der Waals surface area contributed by atoms with Crippen molar-refractivity contribution in [3.8, 4) is 0 Å². The SMILES string of the molecule is OCCCc1nccc2ccccc12. The zero-order valence-electron chi connectivity index (χ0n) is 7.98. The van der Waals surface area contributed by atoms with Crippen LogP contribution < -0.4 is 0 Å². The fraction of sp³-hybridized carbons (Fsp3) is 0.250. The average molecular weight is 187 g/mol. The van der Waals surface area contributed by atoms with Crippen LogP contribution in [0.4, 0.5) is 0 Å². The monoisotopic (exact) mass is 187 g/mol. The van der Waals surface area contributed by atoms with Gasteiger partial charge in [-0.25, -0.2) is 0 Å². The van der Waals surface area contributed by atoms with Crippen LogP contribution in [0.15, 0.2) is 36.5 Å². The first-order chi connectivity index (χ1) is 6.92. The Morgan fingerprint density at radius 2 is 2.00 bits per heavy atom. The molecule has 2 nitrogen and oxygen atoms in total. The number of aryl methyl sites for hydroxylation is 1. The van der Waals surface area contributed by atoms with E-state index in [4.69, 9.17) is 5.11 Å². The molecule has 1 aromatic carbocycles. The number of pyridine rings is 1. The number of aliphatic hydroxyl groups excluding tert-OH is 1. The van der Waals surface area contributed by atoms with E-state index in [1.807, 2.05) is 24.4 Å². The second kappa shape index (κ2) is 4.20. The summed E-state index contributed by atoms with van der Waals surface area (Å²) in [5.41, 5.74) is 1.08. The van der Waals surface area contributed by atoms with Gasteiger partial charge < -0.3 is 5.11 Å². The van der Waals surface area contributed by atoms with Gasteiger partial charge in [-0.2, -0.15) is 0 Å². The van der Waals surface area contributed by atoms with E-state index in [1.165, 1.54) is 10.8 Å². The molecular weight excluding hydrogens is 174 g/mol. The quantitative estimate of drug-likeness (QED) is 0.798. The highest BCUT2D eigenvalue weighted by Crippen LogP contribution is 2.17. The Morgan fingerprint density at radius 1 is 1.14 bits per heavy atom. The van der Waals surface area contributed by atoms with E-state index in [2.05, 4.69) is 17.1 Å². The first-order valence-electron chi connectivity index (χ1n) is 4.85. The van der Waals surface area contributed by atoms with Gasteiger partial charge in [-0.15, -0.1) is 0 Å². The molecule has 0 saturated heterocycles. The Bertz CT molecular complexity index is 420. The molecule has 14 heavy (non-hydrogen) atoms. The molecule has 2 heteroatoms. The van der Waals surface area contributed by atoms with Crippen molar-refractivity contribution in [1.29, 1.82) is 0 Å². The topological polar surface area (TPSA) is 33.1 Å². The van der Waals surface area contributed by atoms with Crippen molar-refractivity contribution >= 4 is 10.8 Å². The molecule has 0 fully saturated rings. The van der Waals surface area contributed by atoms with Crippen LogP contribution in [-0.4, -0.2) is 16.7 Å². The van der Waals surface area contributed by atoms with Gasteiger partial charge in [-0.3, -0.25) is 4.98 Å². The van der Waals surface area contributed by atoms with Gasteiger partial charge in [0, 0.05) is 23.9 Å². The molecule has 0 atom stereocenters. The lowest BCUT2D eigenvalue weighted by Gasteiger charge is -2.03. The molecule has 2 aromatic rings. The van der Waals surface area contributed by atoms with Crippen molar-refractivity contribution in [3.05, 3.63) is 42.2 Å². The zero-order valence-corrected chi connectivity index (χ0v) is 7.98. The Kier molecular flexibility index (Phi) is 2.75. The third-order valence-electron chi connectivity index (χ3n) is 2.33. The summed E-state index contributed by atoms with van der Waals surface area (Å²) in [6.45, 7) is 0.227. The highest BCUT2D eigenvalue weighted by molar-refractivity contribution is 5.84. The third-order valence-corrected chi connectivity index (χ3v) is 2.33. The van der Waals surface area contributed by atoms with Crippen LogP contribution in [0.3, 0.4) is 0 Å². The molecule has 0 radical (unpaired) electrons. The van der Waals surface area contributed by atoms with Crippen LogP contribution in [-0.2, 0) is 6.42 Å². The number of fused-ring (bicyclic) bond motifs is 1. The molecule has 0 amide bonds. The first kappa shape index (κ1) is 9.16. The van der Waals surface area contributed by atoms with Gasteiger partial charge >= 0.3 is 0 Å². The van der Waals surface area contributed by atoms with Gasteiger partial charge in [-0.05, 0) is 24.3 Å². The summed E-state index contributed by atoms with van der Waals surface area (Å²) in [6, 6.07) is 10.2. The van der Waals surface area contributed by atoms with Crippen LogP contribution >= 0.6 is 0 Å². The van der Waals surface area contributed by atoms with E-state index in [-0.39, 0.29) is 6.61 Å². The van der Waals surface area contributed by atoms with Gasteiger partial charge in [0.2, 0.25) is 0 Å². The van der Waals surface area contributed by atoms with Crippen LogP contribution in [0.2, 0.25) is 0 Å². The van der Waals surface area contributed by atoms with Crippen molar-refractivity contribution in [3.63, 3.8) is 0 Å². The fourth-order valence-corrected chi connectivity index (χ4v) is 1.63. The number of hydrogen-bond donors (Lipinski definition) is 1. The number of hydrogen-bond acceptors (Lipinski definition) is 2. The maximum Gasteiger partial charge on any atom is 0.0482 e. The minimum absolute atomic E-state index is 0.227. The predicted molar refractivity (Wildman–Crippen MR) is 57.1 cm³/mol. The lowest BCUT2D eigenvalue weighted by molar-refractivity contribution is 0.288. The lowest BCUT2D eigenvalue weighted by atomic mass is 10.1. The molecule has 0 unspecified atom stereocenters. The summed E-state index contributed by atoms with van der Waals surface area (Å²) in [4.78, 5) is 4.33. The predicted octanol–water partition coefficient (Wildman–Crippen LogP) is 2.16. The van der Waals surface area contributed by atoms with Crippen molar-refractivity contribution in [1.82, 2.24) is 4.98 Å². The summed E-state index contributed by atoms with van der Waals surface area (Å²) in [7, 11) is 0. The van der Waals surface area contributed by atoms with Gasteiger partial charge in [-0.1, -0.05) is 24.3 Å². The Balaban J connectivity index is 2.43. The molecule has 0 aliphatic rings. The van der Waals surface area contributed by atoms with Gasteiger partial charge in [0.15, 0.2) is 0 Å². The van der Waals surface area contributed by atoms with Gasteiger partial charge in [0.1, 0.15) is 0 Å². The van der Waals surface area contributed by atoms with Crippen LogP contribution in [0, 0.1) is 0 Å². The fourth-order valence-electron chi connectivity index (χ4n) is 1.63. The third kappa shape index (κ3) is 1.75. The van der Waals surface area contributed by atoms with E-state index in [0.29, 0.717) is 0 Å². The molecule has 1 N–H and O–H groups in total. The molecule has 0 spiro atoms. The van der Waals surface area contributed by atoms with E-state index in [9.17, 15) is 0 Å². The maximum atomic E-state index is 8.77. The normalized spacial score (nSPS) is 10.6. The van der Waals surface area contributed by atoms with Crippen LogP contribution in [0.1, 0.15) is 12.1 Å². The largest absolute Gasteiger partial charge is 0.396 e. The van der Waals surface area contributed by atoms with Crippen LogP contribution in [0.25, 0.3) is 10.8 Å². The zero-order chi connectivity index (χ0) is 9.80. The van der Waals surface area contributed by atoms with Gasteiger partial charge in [0.05, 0.1) is 0 Å². The highest BCUT2D eigenvalue weighted by Gasteiger charge is 2.00. The number of aliphatic hydroxyl groups is 1. The van der Waals surface area contributed by atoms with Gasteiger partial charge in [0.25, 0.3) is 0 Å². The first-order valence-corrected chi connectivity index (χ1v) is 4.85. The highest BCUT2D eigenvalue weighted by atomic mass is 16.2. The van der Waals surface area contributed by atoms with Crippen molar-refractivity contribution in [2.45, 2.75) is 12.8 Å². The molecule has 2 rings (SSSR count). The standard InChI is InChI=1S/C12H13NO/c14-9-3-6-12-11-5-2-1-4-10(11)7-8-13-12/h1-2,4-5,7-8,14H,3,6,9H2. The smallest absolute Gasteiger partial charge is 0.0482 e. The molecular formula is C12H13NO.